The standard InChI is InChI=1S/C20H20N4O2/c1-3-14-7-4-5-10-17(14)24-19-12-18(21-13-22-19)23-16-9-6-8-15(11-16)20(25)26-2/h4-13H,3H2,1-2H3,(H2,21,22,23,24). The average Bonchev–Trinajstić information content (AvgIpc) is 2.68. The number of hydrogen-bond acceptors (Lipinski definition) is 6. The Morgan fingerprint density at radius 1 is 1.00 bits per heavy atom. The van der Waals surface area contributed by atoms with Gasteiger partial charge in [-0.1, -0.05) is 31.2 Å². The molecule has 0 spiro atoms. The Morgan fingerprint density at radius 3 is 2.54 bits per heavy atom. The van der Waals surface area contributed by atoms with Gasteiger partial charge in [0, 0.05) is 17.4 Å². The highest BCUT2D eigenvalue weighted by Crippen LogP contribution is 2.22. The number of nitrogens with one attached hydrogen (secondary N) is 2. The Kier molecular flexibility index (Phi) is 5.43. The van der Waals surface area contributed by atoms with Crippen LogP contribution in [0.2, 0.25) is 0 Å². The van der Waals surface area contributed by atoms with Gasteiger partial charge in [0.15, 0.2) is 0 Å². The van der Waals surface area contributed by atoms with Gasteiger partial charge in [0.2, 0.25) is 0 Å². The molecule has 1 aromatic heterocycles. The number of ether oxygens (including phenoxy) is 1. The summed E-state index contributed by atoms with van der Waals surface area (Å²) in [5.41, 5.74) is 3.45. The van der Waals surface area contributed by atoms with E-state index in [1.54, 1.807) is 18.2 Å². The van der Waals surface area contributed by atoms with Crippen LogP contribution in [0.3, 0.4) is 0 Å². The second kappa shape index (κ2) is 8.11. The van der Waals surface area contributed by atoms with Crippen molar-refractivity contribution in [1.82, 2.24) is 9.97 Å². The van der Waals surface area contributed by atoms with Crippen LogP contribution in [0.25, 0.3) is 0 Å². The molecule has 0 aliphatic carbocycles. The van der Waals surface area contributed by atoms with Crippen molar-refractivity contribution in [3.8, 4) is 0 Å². The summed E-state index contributed by atoms with van der Waals surface area (Å²) in [6.45, 7) is 2.11. The van der Waals surface area contributed by atoms with Gasteiger partial charge < -0.3 is 15.4 Å². The van der Waals surface area contributed by atoms with Gasteiger partial charge in [0.25, 0.3) is 0 Å². The fraction of sp³-hybridized carbons (Fsp3) is 0.150. The van der Waals surface area contributed by atoms with E-state index >= 15 is 0 Å². The molecule has 3 aromatic rings. The number of rotatable bonds is 6. The van der Waals surface area contributed by atoms with E-state index in [1.807, 2.05) is 30.3 Å². The number of nitrogens with zero attached hydrogens (tertiary/aromatic N) is 2. The molecule has 0 atom stereocenters. The lowest BCUT2D eigenvalue weighted by atomic mass is 10.1. The highest BCUT2D eigenvalue weighted by atomic mass is 16.5. The maximum atomic E-state index is 11.7. The zero-order valence-corrected chi connectivity index (χ0v) is 14.7. The lowest BCUT2D eigenvalue weighted by Crippen LogP contribution is -2.03. The van der Waals surface area contributed by atoms with Crippen LogP contribution in [0.1, 0.15) is 22.8 Å². The van der Waals surface area contributed by atoms with Crippen LogP contribution in [0.4, 0.5) is 23.0 Å². The highest BCUT2D eigenvalue weighted by molar-refractivity contribution is 5.90. The molecule has 1 heterocycles. The zero-order chi connectivity index (χ0) is 18.4. The average molecular weight is 348 g/mol. The van der Waals surface area contributed by atoms with Gasteiger partial charge in [-0.15, -0.1) is 0 Å². The fourth-order valence-corrected chi connectivity index (χ4v) is 2.57. The molecule has 0 saturated carbocycles. The molecule has 0 aliphatic heterocycles. The van der Waals surface area contributed by atoms with Crippen LogP contribution in [0, 0.1) is 0 Å². The quantitative estimate of drug-likeness (QED) is 0.646. The summed E-state index contributed by atoms with van der Waals surface area (Å²) < 4.78 is 4.75. The third kappa shape index (κ3) is 4.16. The molecule has 0 amide bonds. The molecular weight excluding hydrogens is 328 g/mol. The number of carbonyl (C=O) groups excluding carboxylic acids is 1. The van der Waals surface area contributed by atoms with E-state index in [2.05, 4.69) is 33.6 Å². The predicted molar refractivity (Wildman–Crippen MR) is 102 cm³/mol. The van der Waals surface area contributed by atoms with Crippen LogP contribution >= 0.6 is 0 Å². The first-order valence-electron chi connectivity index (χ1n) is 8.32. The van der Waals surface area contributed by atoms with Crippen molar-refractivity contribution in [3.63, 3.8) is 0 Å². The van der Waals surface area contributed by atoms with Gasteiger partial charge in [-0.25, -0.2) is 14.8 Å². The number of hydrogen-bond donors (Lipinski definition) is 2. The molecule has 0 saturated heterocycles. The first kappa shape index (κ1) is 17.4. The first-order chi connectivity index (χ1) is 12.7. The molecule has 6 nitrogen and oxygen atoms in total. The molecule has 0 bridgehead atoms. The molecule has 0 radical (unpaired) electrons. The van der Waals surface area contributed by atoms with E-state index in [9.17, 15) is 4.79 Å². The number of benzene rings is 2. The molecule has 6 heteroatoms. The van der Waals surface area contributed by atoms with Crippen LogP contribution < -0.4 is 10.6 Å². The molecule has 0 unspecified atom stereocenters. The van der Waals surface area contributed by atoms with Crippen molar-refractivity contribution < 1.29 is 9.53 Å². The van der Waals surface area contributed by atoms with Crippen LogP contribution in [0.5, 0.6) is 0 Å². The monoisotopic (exact) mass is 348 g/mol. The Balaban J connectivity index is 1.78. The van der Waals surface area contributed by atoms with E-state index < -0.39 is 0 Å². The summed E-state index contributed by atoms with van der Waals surface area (Å²) >= 11 is 0. The predicted octanol–water partition coefficient (Wildman–Crippen LogP) is 4.31. The van der Waals surface area contributed by atoms with Crippen molar-refractivity contribution in [2.24, 2.45) is 0 Å². The Labute approximate surface area is 152 Å². The lowest BCUT2D eigenvalue weighted by Gasteiger charge is -2.11. The smallest absolute Gasteiger partial charge is 0.337 e. The molecule has 0 fully saturated rings. The second-order valence-corrected chi connectivity index (χ2v) is 5.62. The van der Waals surface area contributed by atoms with E-state index in [-0.39, 0.29) is 5.97 Å². The van der Waals surface area contributed by atoms with Crippen LogP contribution in [0.15, 0.2) is 60.9 Å². The fourth-order valence-electron chi connectivity index (χ4n) is 2.57. The number of para-hydroxylation sites is 1. The number of aryl methyl sites for hydroxylation is 1. The van der Waals surface area contributed by atoms with Crippen molar-refractivity contribution in [3.05, 3.63) is 72.1 Å². The SMILES string of the molecule is CCc1ccccc1Nc1cc(Nc2cccc(C(=O)OC)c2)ncn1. The first-order valence-corrected chi connectivity index (χ1v) is 8.32. The number of aromatic nitrogens is 2. The Bertz CT molecular complexity index is 912. The van der Waals surface area contributed by atoms with Gasteiger partial charge in [-0.3, -0.25) is 0 Å². The molecule has 26 heavy (non-hydrogen) atoms. The number of methoxy groups -OCH3 is 1. The lowest BCUT2D eigenvalue weighted by molar-refractivity contribution is 0.0601. The van der Waals surface area contributed by atoms with E-state index in [1.165, 1.54) is 19.0 Å². The molecule has 132 valence electrons. The Hall–Kier alpha value is -3.41. The van der Waals surface area contributed by atoms with Gasteiger partial charge in [0.1, 0.15) is 18.0 Å². The highest BCUT2D eigenvalue weighted by Gasteiger charge is 2.07. The summed E-state index contributed by atoms with van der Waals surface area (Å²) in [7, 11) is 1.36. The maximum absolute atomic E-state index is 11.7. The molecule has 3 rings (SSSR count). The topological polar surface area (TPSA) is 76.1 Å². The van der Waals surface area contributed by atoms with Gasteiger partial charge in [-0.05, 0) is 36.2 Å². The van der Waals surface area contributed by atoms with Gasteiger partial charge >= 0.3 is 5.97 Å². The van der Waals surface area contributed by atoms with Crippen LogP contribution in [-0.2, 0) is 11.2 Å². The maximum Gasteiger partial charge on any atom is 0.337 e. The third-order valence-electron chi connectivity index (χ3n) is 3.88. The number of esters is 1. The normalized spacial score (nSPS) is 10.2. The summed E-state index contributed by atoms with van der Waals surface area (Å²) in [4.78, 5) is 20.2. The Morgan fingerprint density at radius 2 is 1.77 bits per heavy atom. The number of carbonyl (C=O) groups is 1. The van der Waals surface area contributed by atoms with Crippen molar-refractivity contribution in [2.75, 3.05) is 17.7 Å². The largest absolute Gasteiger partial charge is 0.465 e. The summed E-state index contributed by atoms with van der Waals surface area (Å²) in [5, 5.41) is 6.50. The van der Waals surface area contributed by atoms with Crippen molar-refractivity contribution >= 4 is 29.0 Å². The minimum absolute atomic E-state index is 0.380. The minimum Gasteiger partial charge on any atom is -0.465 e. The summed E-state index contributed by atoms with van der Waals surface area (Å²) in [5.74, 6) is 0.931. The van der Waals surface area contributed by atoms with E-state index in [0.29, 0.717) is 17.2 Å². The van der Waals surface area contributed by atoms with Gasteiger partial charge in [0.05, 0.1) is 12.7 Å². The van der Waals surface area contributed by atoms with Crippen molar-refractivity contribution in [2.45, 2.75) is 13.3 Å². The number of anilines is 4. The minimum atomic E-state index is -0.380. The third-order valence-corrected chi connectivity index (χ3v) is 3.88. The summed E-state index contributed by atoms with van der Waals surface area (Å²) in [6, 6.07) is 17.0. The molecule has 2 aromatic carbocycles. The molecule has 0 aliphatic rings. The van der Waals surface area contributed by atoms with E-state index in [4.69, 9.17) is 4.74 Å². The van der Waals surface area contributed by atoms with Crippen molar-refractivity contribution in [1.29, 1.82) is 0 Å². The van der Waals surface area contributed by atoms with Gasteiger partial charge in [-0.2, -0.15) is 0 Å². The van der Waals surface area contributed by atoms with E-state index in [0.717, 1.165) is 17.8 Å². The molecular formula is C20H20N4O2. The molecule has 2 N–H and O–H groups in total. The summed E-state index contributed by atoms with van der Waals surface area (Å²) in [6.07, 6.45) is 2.42. The second-order valence-electron chi connectivity index (χ2n) is 5.62. The van der Waals surface area contributed by atoms with Crippen LogP contribution in [-0.4, -0.2) is 23.0 Å². The zero-order valence-electron chi connectivity index (χ0n) is 14.7.